The van der Waals surface area contributed by atoms with E-state index in [0.29, 0.717) is 17.5 Å². The minimum Gasteiger partial charge on any atom is -0.456 e. The highest BCUT2D eigenvalue weighted by Crippen LogP contribution is 2.52. The minimum atomic E-state index is -0.0595. The molecule has 4 aromatic heterocycles. The summed E-state index contributed by atoms with van der Waals surface area (Å²) in [4.78, 5) is 16.6. The van der Waals surface area contributed by atoms with Crippen LogP contribution in [0.4, 0.5) is 0 Å². The number of para-hydroxylation sites is 3. The van der Waals surface area contributed by atoms with Crippen LogP contribution >= 0.6 is 0 Å². The molecule has 6 nitrogen and oxygen atoms in total. The SMILES string of the molecule is c1ccc2c(c1)-c1cc3ccccc3cc1CCC2c1c(-c2nc(-c3ccc4oc5ccccc5c4c3)nc(-c3ccc4oc5ccccc5c4c3)n2)c2ccccc2c2oc3ccccc3c12. The van der Waals surface area contributed by atoms with E-state index in [1.54, 1.807) is 0 Å². The van der Waals surface area contributed by atoms with E-state index < -0.39 is 0 Å². The lowest BCUT2D eigenvalue weighted by Crippen LogP contribution is -2.08. The maximum absolute atomic E-state index is 6.97. The summed E-state index contributed by atoms with van der Waals surface area (Å²) in [6.07, 6.45) is 1.75. The van der Waals surface area contributed by atoms with Crippen LogP contribution in [0, 0.1) is 0 Å². The lowest BCUT2D eigenvalue weighted by atomic mass is 9.79. The van der Waals surface area contributed by atoms with Gasteiger partial charge in [-0.1, -0.05) is 133 Å². The summed E-state index contributed by atoms with van der Waals surface area (Å²) in [7, 11) is 0. The number of benzene rings is 10. The van der Waals surface area contributed by atoms with Crippen molar-refractivity contribution in [2.75, 3.05) is 0 Å². The van der Waals surface area contributed by atoms with Crippen molar-refractivity contribution in [2.45, 2.75) is 18.8 Å². The van der Waals surface area contributed by atoms with E-state index in [4.69, 9.17) is 28.2 Å². The van der Waals surface area contributed by atoms with Crippen molar-refractivity contribution in [3.8, 4) is 45.3 Å². The van der Waals surface area contributed by atoms with Crippen molar-refractivity contribution in [1.82, 2.24) is 15.0 Å². The van der Waals surface area contributed by atoms with Crippen LogP contribution in [0.2, 0.25) is 0 Å². The zero-order valence-electron chi connectivity index (χ0n) is 36.5. The van der Waals surface area contributed by atoms with Crippen molar-refractivity contribution in [1.29, 1.82) is 0 Å². The van der Waals surface area contributed by atoms with Crippen molar-refractivity contribution < 1.29 is 13.3 Å². The second-order valence-electron chi connectivity index (χ2n) is 18.1. The number of aromatic nitrogens is 3. The minimum absolute atomic E-state index is 0.0595. The average Bonchev–Trinajstić information content (AvgIpc) is 4.06. The van der Waals surface area contributed by atoms with Crippen LogP contribution in [-0.4, -0.2) is 15.0 Å². The number of hydrogen-bond acceptors (Lipinski definition) is 6. The summed E-state index contributed by atoms with van der Waals surface area (Å²) in [6, 6.07) is 68.4. The molecule has 1 atom stereocenters. The normalized spacial score (nSPS) is 13.9. The van der Waals surface area contributed by atoms with Crippen molar-refractivity contribution in [2.24, 2.45) is 0 Å². The molecule has 0 bridgehead atoms. The van der Waals surface area contributed by atoms with Gasteiger partial charge in [-0.2, -0.15) is 0 Å². The average molecular weight is 872 g/mol. The second-order valence-corrected chi connectivity index (χ2v) is 18.1. The number of fused-ring (bicyclic) bond motifs is 15. The maximum Gasteiger partial charge on any atom is 0.165 e. The van der Waals surface area contributed by atoms with E-state index in [9.17, 15) is 0 Å². The molecule has 318 valence electrons. The molecule has 6 heteroatoms. The first-order valence-corrected chi connectivity index (χ1v) is 23.3. The van der Waals surface area contributed by atoms with Crippen LogP contribution in [0.1, 0.15) is 29.0 Å². The Kier molecular flexibility index (Phi) is 7.86. The van der Waals surface area contributed by atoms with E-state index in [1.165, 1.54) is 33.0 Å². The third-order valence-corrected chi connectivity index (χ3v) is 14.4. The molecule has 4 heterocycles. The Balaban J connectivity index is 1.06. The van der Waals surface area contributed by atoms with Gasteiger partial charge in [0.15, 0.2) is 17.5 Å². The Bertz CT molecular complexity index is 4290. The van der Waals surface area contributed by atoms with Gasteiger partial charge >= 0.3 is 0 Å². The molecule has 0 N–H and O–H groups in total. The van der Waals surface area contributed by atoms with E-state index in [0.717, 1.165) is 112 Å². The number of hydrogen-bond donors (Lipinski definition) is 0. The van der Waals surface area contributed by atoms with Gasteiger partial charge in [0.05, 0.1) is 0 Å². The van der Waals surface area contributed by atoms with Crippen molar-refractivity contribution in [3.05, 3.63) is 211 Å². The molecular weight excluding hydrogens is 835 g/mol. The lowest BCUT2D eigenvalue weighted by molar-refractivity contribution is 0.668. The van der Waals surface area contributed by atoms with Gasteiger partial charge < -0.3 is 13.3 Å². The molecular formula is C62H37N3O3. The van der Waals surface area contributed by atoms with Gasteiger partial charge in [-0.3, -0.25) is 0 Å². The first-order chi connectivity index (χ1) is 33.7. The Hall–Kier alpha value is -8.87. The first-order valence-electron chi connectivity index (χ1n) is 23.3. The largest absolute Gasteiger partial charge is 0.456 e. The Morgan fingerprint density at radius 3 is 1.57 bits per heavy atom. The summed E-state index contributed by atoms with van der Waals surface area (Å²) in [6.45, 7) is 0. The Morgan fingerprint density at radius 1 is 0.382 bits per heavy atom. The van der Waals surface area contributed by atoms with Crippen LogP contribution in [0.25, 0.3) is 133 Å². The standard InChI is InChI=1S/C62H37N3O3/c1-2-14-36-32-48-37(31-35(36)13-1)25-28-45(40-15-3-4-16-41(40)48)56-57-47-21-9-12-24-53(47)68-59(57)46-20-6-5-19-44(46)58(56)62-64-60(38-26-29-54-49(33-38)42-17-7-10-22-51(42)66-54)63-61(65-62)39-27-30-55-50(34-39)43-18-8-11-23-52(43)67-55/h1-24,26-27,29-34,45H,25,28H2. The number of furan rings is 3. The van der Waals surface area contributed by atoms with Crippen molar-refractivity contribution in [3.63, 3.8) is 0 Å². The van der Waals surface area contributed by atoms with E-state index in [2.05, 4.69) is 146 Å². The monoisotopic (exact) mass is 871 g/mol. The van der Waals surface area contributed by atoms with Crippen LogP contribution in [-0.2, 0) is 6.42 Å². The maximum atomic E-state index is 6.97. The fourth-order valence-corrected chi connectivity index (χ4v) is 11.3. The predicted molar refractivity (Wildman–Crippen MR) is 275 cm³/mol. The fourth-order valence-electron chi connectivity index (χ4n) is 11.3. The fraction of sp³-hybridized carbons (Fsp3) is 0.0484. The number of nitrogens with zero attached hydrogens (tertiary/aromatic N) is 3. The van der Waals surface area contributed by atoms with Gasteiger partial charge in [0.1, 0.15) is 33.5 Å². The Labute approximate surface area is 388 Å². The second kappa shape index (κ2) is 14.3. The molecule has 0 spiro atoms. The third-order valence-electron chi connectivity index (χ3n) is 14.4. The highest BCUT2D eigenvalue weighted by atomic mass is 16.3. The molecule has 68 heavy (non-hydrogen) atoms. The molecule has 0 radical (unpaired) electrons. The van der Waals surface area contributed by atoms with Gasteiger partial charge in [0, 0.05) is 60.3 Å². The van der Waals surface area contributed by atoms with E-state index >= 15 is 0 Å². The highest BCUT2D eigenvalue weighted by molar-refractivity contribution is 6.21. The summed E-state index contributed by atoms with van der Waals surface area (Å²) in [5.74, 6) is 1.68. The summed E-state index contributed by atoms with van der Waals surface area (Å²) in [5.41, 5.74) is 14.0. The summed E-state index contributed by atoms with van der Waals surface area (Å²) < 4.78 is 19.6. The molecule has 15 rings (SSSR count). The quantitative estimate of drug-likeness (QED) is 0.175. The lowest BCUT2D eigenvalue weighted by Gasteiger charge is -2.24. The van der Waals surface area contributed by atoms with Gasteiger partial charge in [-0.25, -0.2) is 15.0 Å². The Morgan fingerprint density at radius 2 is 0.897 bits per heavy atom. The van der Waals surface area contributed by atoms with Crippen LogP contribution in [0.15, 0.2) is 207 Å². The van der Waals surface area contributed by atoms with Gasteiger partial charge in [0.25, 0.3) is 0 Å². The molecule has 0 saturated heterocycles. The molecule has 14 aromatic rings. The summed E-state index contributed by atoms with van der Waals surface area (Å²) >= 11 is 0. The van der Waals surface area contributed by atoms with E-state index in [1.807, 2.05) is 48.5 Å². The molecule has 1 aliphatic carbocycles. The smallest absolute Gasteiger partial charge is 0.165 e. The topological polar surface area (TPSA) is 78.1 Å². The first kappa shape index (κ1) is 37.4. The molecule has 0 saturated carbocycles. The van der Waals surface area contributed by atoms with Gasteiger partial charge in [-0.15, -0.1) is 0 Å². The predicted octanol–water partition coefficient (Wildman–Crippen LogP) is 16.6. The van der Waals surface area contributed by atoms with Crippen LogP contribution < -0.4 is 0 Å². The van der Waals surface area contributed by atoms with E-state index in [-0.39, 0.29) is 5.92 Å². The molecule has 0 aliphatic heterocycles. The molecule has 0 amide bonds. The van der Waals surface area contributed by atoms with Crippen LogP contribution in [0.5, 0.6) is 0 Å². The zero-order chi connectivity index (χ0) is 44.5. The molecule has 1 unspecified atom stereocenters. The molecule has 10 aromatic carbocycles. The molecule has 0 fully saturated rings. The van der Waals surface area contributed by atoms with Gasteiger partial charge in [0.2, 0.25) is 0 Å². The number of aryl methyl sites for hydroxylation is 1. The summed E-state index contributed by atoms with van der Waals surface area (Å²) in [5, 5.41) is 10.8. The highest BCUT2D eigenvalue weighted by Gasteiger charge is 2.32. The molecule has 1 aliphatic rings. The third kappa shape index (κ3) is 5.55. The van der Waals surface area contributed by atoms with Gasteiger partial charge in [-0.05, 0) is 117 Å². The van der Waals surface area contributed by atoms with Crippen molar-refractivity contribution >= 4 is 87.4 Å². The van der Waals surface area contributed by atoms with Crippen LogP contribution in [0.3, 0.4) is 0 Å². The zero-order valence-corrected chi connectivity index (χ0v) is 36.5. The number of rotatable bonds is 4.